The molecular weight excluding hydrogens is 262 g/mol. The van der Waals surface area contributed by atoms with Gasteiger partial charge < -0.3 is 10.2 Å². The molecule has 110 valence electrons. The molecule has 1 heterocycles. The van der Waals surface area contributed by atoms with Crippen LogP contribution in [0.2, 0.25) is 0 Å². The van der Waals surface area contributed by atoms with Crippen LogP contribution >= 0.6 is 0 Å². The van der Waals surface area contributed by atoms with Crippen LogP contribution in [0, 0.1) is 0 Å². The Hall–Kier alpha value is -2.36. The smallest absolute Gasteiger partial charge is 0.316 e. The highest BCUT2D eigenvalue weighted by atomic mass is 16.2. The second kappa shape index (κ2) is 7.43. The largest absolute Gasteiger partial charge is 0.337 e. The molecule has 0 bridgehead atoms. The van der Waals surface area contributed by atoms with Crippen molar-refractivity contribution in [3.8, 4) is 0 Å². The van der Waals surface area contributed by atoms with E-state index < -0.39 is 0 Å². The number of carbonyl (C=O) groups excluding carboxylic acids is 1. The van der Waals surface area contributed by atoms with Gasteiger partial charge in [-0.2, -0.15) is 0 Å². The van der Waals surface area contributed by atoms with E-state index in [9.17, 15) is 4.79 Å². The van der Waals surface area contributed by atoms with Gasteiger partial charge in [-0.1, -0.05) is 36.4 Å². The third-order valence-electron chi connectivity index (χ3n) is 3.36. The monoisotopic (exact) mass is 283 g/mol. The van der Waals surface area contributed by atoms with Gasteiger partial charge in [-0.3, -0.25) is 4.98 Å². The minimum absolute atomic E-state index is 0.0723. The molecule has 1 atom stereocenters. The summed E-state index contributed by atoms with van der Waals surface area (Å²) in [6.45, 7) is 0.595. The van der Waals surface area contributed by atoms with Crippen molar-refractivity contribution < 1.29 is 4.79 Å². The fraction of sp³-hybridized carbons (Fsp3) is 0.294. The quantitative estimate of drug-likeness (QED) is 0.917. The van der Waals surface area contributed by atoms with E-state index in [1.165, 1.54) is 5.56 Å². The van der Waals surface area contributed by atoms with Crippen molar-refractivity contribution in [3.63, 3.8) is 0 Å². The van der Waals surface area contributed by atoms with Crippen LogP contribution in [0.1, 0.15) is 17.2 Å². The van der Waals surface area contributed by atoms with Crippen molar-refractivity contribution in [2.75, 3.05) is 20.6 Å². The van der Waals surface area contributed by atoms with Crippen LogP contribution in [0.25, 0.3) is 0 Å². The maximum atomic E-state index is 11.7. The summed E-state index contributed by atoms with van der Waals surface area (Å²) in [5, 5.41) is 2.96. The van der Waals surface area contributed by atoms with Crippen molar-refractivity contribution in [3.05, 3.63) is 66.0 Å². The molecule has 2 rings (SSSR count). The van der Waals surface area contributed by atoms with E-state index in [4.69, 9.17) is 0 Å². The van der Waals surface area contributed by atoms with Crippen LogP contribution < -0.4 is 5.32 Å². The summed E-state index contributed by atoms with van der Waals surface area (Å²) in [6.07, 6.45) is 2.61. The molecule has 0 aliphatic heterocycles. The molecule has 0 saturated carbocycles. The van der Waals surface area contributed by atoms with Crippen LogP contribution in [-0.2, 0) is 6.42 Å². The SMILES string of the molecule is CN(C)C(=O)NCC(Cc1ccccn1)c1ccccc1. The minimum atomic E-state index is -0.0723. The number of pyridine rings is 1. The third-order valence-corrected chi connectivity index (χ3v) is 3.36. The number of nitrogens with one attached hydrogen (secondary N) is 1. The zero-order chi connectivity index (χ0) is 15.1. The molecule has 0 radical (unpaired) electrons. The number of urea groups is 1. The number of aromatic nitrogens is 1. The molecule has 0 aliphatic rings. The van der Waals surface area contributed by atoms with Crippen molar-refractivity contribution in [2.45, 2.75) is 12.3 Å². The summed E-state index contributed by atoms with van der Waals surface area (Å²) in [5.41, 5.74) is 2.24. The first-order valence-corrected chi connectivity index (χ1v) is 7.07. The van der Waals surface area contributed by atoms with Gasteiger partial charge in [0.2, 0.25) is 0 Å². The van der Waals surface area contributed by atoms with Gasteiger partial charge >= 0.3 is 6.03 Å². The molecule has 4 nitrogen and oxygen atoms in total. The van der Waals surface area contributed by atoms with E-state index >= 15 is 0 Å². The minimum Gasteiger partial charge on any atom is -0.337 e. The standard InChI is InChI=1S/C17H21N3O/c1-20(2)17(21)19-13-15(14-8-4-3-5-9-14)12-16-10-6-7-11-18-16/h3-11,15H,12-13H2,1-2H3,(H,19,21). The predicted octanol–water partition coefficient (Wildman–Crippen LogP) is 2.68. The average molecular weight is 283 g/mol. The van der Waals surface area contributed by atoms with Crippen LogP contribution in [-0.4, -0.2) is 36.6 Å². The van der Waals surface area contributed by atoms with Gasteiger partial charge in [0, 0.05) is 38.4 Å². The van der Waals surface area contributed by atoms with Crippen LogP contribution in [0.4, 0.5) is 4.79 Å². The fourth-order valence-electron chi connectivity index (χ4n) is 2.17. The molecule has 0 aliphatic carbocycles. The Morgan fingerprint density at radius 2 is 1.86 bits per heavy atom. The Morgan fingerprint density at radius 1 is 1.14 bits per heavy atom. The number of carbonyl (C=O) groups is 1. The fourth-order valence-corrected chi connectivity index (χ4v) is 2.17. The molecule has 1 aromatic heterocycles. The Balaban J connectivity index is 2.09. The van der Waals surface area contributed by atoms with Gasteiger partial charge in [0.25, 0.3) is 0 Å². The number of nitrogens with zero attached hydrogens (tertiary/aromatic N) is 2. The number of hydrogen-bond acceptors (Lipinski definition) is 2. The lowest BCUT2D eigenvalue weighted by Gasteiger charge is -2.19. The number of rotatable bonds is 5. The summed E-state index contributed by atoms with van der Waals surface area (Å²) in [6, 6.07) is 16.1. The maximum Gasteiger partial charge on any atom is 0.316 e. The molecule has 2 aromatic rings. The summed E-state index contributed by atoms with van der Waals surface area (Å²) >= 11 is 0. The summed E-state index contributed by atoms with van der Waals surface area (Å²) < 4.78 is 0. The lowest BCUT2D eigenvalue weighted by molar-refractivity contribution is 0.216. The lowest BCUT2D eigenvalue weighted by Crippen LogP contribution is -2.37. The molecule has 0 saturated heterocycles. The van der Waals surface area contributed by atoms with Gasteiger partial charge in [-0.25, -0.2) is 4.79 Å². The summed E-state index contributed by atoms with van der Waals surface area (Å²) in [7, 11) is 3.48. The summed E-state index contributed by atoms with van der Waals surface area (Å²) in [4.78, 5) is 17.7. The second-order valence-corrected chi connectivity index (χ2v) is 5.21. The molecule has 2 amide bonds. The van der Waals surface area contributed by atoms with Crippen molar-refractivity contribution in [1.82, 2.24) is 15.2 Å². The molecule has 1 unspecified atom stereocenters. The van der Waals surface area contributed by atoms with E-state index in [1.807, 2.05) is 36.4 Å². The third kappa shape index (κ3) is 4.60. The van der Waals surface area contributed by atoms with Crippen LogP contribution in [0.3, 0.4) is 0 Å². The Morgan fingerprint density at radius 3 is 2.48 bits per heavy atom. The van der Waals surface area contributed by atoms with Gasteiger partial charge in [-0.15, -0.1) is 0 Å². The summed E-state index contributed by atoms with van der Waals surface area (Å²) in [5.74, 6) is 0.213. The normalized spacial score (nSPS) is 11.7. The van der Waals surface area contributed by atoms with Crippen molar-refractivity contribution in [1.29, 1.82) is 0 Å². The molecule has 1 aromatic carbocycles. The van der Waals surface area contributed by atoms with Crippen molar-refractivity contribution in [2.24, 2.45) is 0 Å². The van der Waals surface area contributed by atoms with Gasteiger partial charge in [-0.05, 0) is 24.1 Å². The number of hydrogen-bond donors (Lipinski definition) is 1. The Bertz CT molecular complexity index is 555. The van der Waals surface area contributed by atoms with E-state index in [2.05, 4.69) is 22.4 Å². The van der Waals surface area contributed by atoms with E-state index in [-0.39, 0.29) is 11.9 Å². The highest BCUT2D eigenvalue weighted by Crippen LogP contribution is 2.19. The Labute approximate surface area is 125 Å². The predicted molar refractivity (Wildman–Crippen MR) is 84.2 cm³/mol. The first-order chi connectivity index (χ1) is 10.2. The van der Waals surface area contributed by atoms with E-state index in [0.29, 0.717) is 6.54 Å². The maximum absolute atomic E-state index is 11.7. The molecule has 0 fully saturated rings. The zero-order valence-electron chi connectivity index (χ0n) is 12.5. The zero-order valence-corrected chi connectivity index (χ0v) is 12.5. The molecule has 4 heteroatoms. The Kier molecular flexibility index (Phi) is 5.32. The topological polar surface area (TPSA) is 45.2 Å². The average Bonchev–Trinajstić information content (AvgIpc) is 2.52. The first-order valence-electron chi connectivity index (χ1n) is 7.07. The van der Waals surface area contributed by atoms with E-state index in [1.54, 1.807) is 25.2 Å². The molecule has 0 spiro atoms. The van der Waals surface area contributed by atoms with Crippen LogP contribution in [0.15, 0.2) is 54.7 Å². The highest BCUT2D eigenvalue weighted by Gasteiger charge is 2.14. The second-order valence-electron chi connectivity index (χ2n) is 5.21. The van der Waals surface area contributed by atoms with Gasteiger partial charge in [0.1, 0.15) is 0 Å². The molecule has 21 heavy (non-hydrogen) atoms. The van der Waals surface area contributed by atoms with Gasteiger partial charge in [0.05, 0.1) is 0 Å². The number of benzene rings is 1. The van der Waals surface area contributed by atoms with E-state index in [0.717, 1.165) is 12.1 Å². The molecular formula is C17H21N3O. The number of amides is 2. The van der Waals surface area contributed by atoms with Crippen LogP contribution in [0.5, 0.6) is 0 Å². The highest BCUT2D eigenvalue weighted by molar-refractivity contribution is 5.73. The van der Waals surface area contributed by atoms with Crippen molar-refractivity contribution >= 4 is 6.03 Å². The molecule has 1 N–H and O–H groups in total. The lowest BCUT2D eigenvalue weighted by atomic mass is 9.94. The van der Waals surface area contributed by atoms with Gasteiger partial charge in [0.15, 0.2) is 0 Å². The first kappa shape index (κ1) is 15.0.